The molecule has 0 saturated heterocycles. The van der Waals surface area contributed by atoms with Crippen LogP contribution in [0, 0.1) is 0 Å². The Kier molecular flexibility index (Phi) is 7.93. The summed E-state index contributed by atoms with van der Waals surface area (Å²) < 4.78 is 0. The van der Waals surface area contributed by atoms with Crippen LogP contribution in [0.3, 0.4) is 0 Å². The molecule has 54 heavy (non-hydrogen) atoms. The third-order valence-electron chi connectivity index (χ3n) is 10.7. The zero-order valence-corrected chi connectivity index (χ0v) is 29.8. The molecular weight excluding hydrogens is 649 g/mol. The van der Waals surface area contributed by atoms with Gasteiger partial charge in [0.05, 0.1) is 0 Å². The molecule has 0 radical (unpaired) electrons. The summed E-state index contributed by atoms with van der Waals surface area (Å²) in [7, 11) is 0. The summed E-state index contributed by atoms with van der Waals surface area (Å²) in [5.74, 6) is 0. The fraction of sp³-hybridized carbons (Fsp3) is 0. The first kappa shape index (κ1) is 31.7. The van der Waals surface area contributed by atoms with E-state index in [1.807, 2.05) is 0 Å². The standard InChI is InChI=1S/C22H14.C18H12.C14H10/c1-2-6-16-10-20-14-22-12-18-8-4-3-7-17(18)11-21(22)13-19(20)9-15(16)5-1;1-2-6-14-10-18-12-16-8-4-3-7-15(16)11-17(18)9-13(14)5-1;1-2-6-12-10-14-8-4-3-7-13(14)9-11(12)5-1/h1-14H;1-12H;1-10H. The van der Waals surface area contributed by atoms with E-state index in [4.69, 9.17) is 0 Å². The van der Waals surface area contributed by atoms with E-state index in [2.05, 4.69) is 218 Å². The number of fused-ring (bicyclic) bond motifs is 9. The van der Waals surface area contributed by atoms with Crippen molar-refractivity contribution in [3.05, 3.63) is 218 Å². The Morgan fingerprint density at radius 1 is 0.111 bits per heavy atom. The van der Waals surface area contributed by atoms with Crippen LogP contribution in [-0.2, 0) is 0 Å². The van der Waals surface area contributed by atoms with Gasteiger partial charge in [-0.2, -0.15) is 0 Å². The summed E-state index contributed by atoms with van der Waals surface area (Å²) in [4.78, 5) is 0. The van der Waals surface area contributed by atoms with Crippen molar-refractivity contribution >= 4 is 97.0 Å². The predicted octanol–water partition coefficient (Wildman–Crippen LogP) is 15.4. The zero-order valence-electron chi connectivity index (χ0n) is 29.8. The first-order valence-corrected chi connectivity index (χ1v) is 18.6. The maximum Gasteiger partial charge on any atom is -0.0171 e. The van der Waals surface area contributed by atoms with Crippen LogP contribution in [0.1, 0.15) is 0 Å². The van der Waals surface area contributed by atoms with Crippen molar-refractivity contribution in [2.24, 2.45) is 0 Å². The Balaban J connectivity index is 0.000000103. The van der Waals surface area contributed by atoms with Gasteiger partial charge in [0.2, 0.25) is 0 Å². The van der Waals surface area contributed by atoms with Crippen LogP contribution >= 0.6 is 0 Å². The van der Waals surface area contributed by atoms with Gasteiger partial charge in [-0.05, 0) is 170 Å². The molecule has 252 valence electrons. The number of hydrogen-bond acceptors (Lipinski definition) is 0. The average molecular weight is 685 g/mol. The Bertz CT molecular complexity index is 2900. The van der Waals surface area contributed by atoms with Gasteiger partial charge in [-0.3, -0.25) is 0 Å². The lowest BCUT2D eigenvalue weighted by Gasteiger charge is -2.07. The van der Waals surface area contributed by atoms with Crippen LogP contribution in [0.4, 0.5) is 0 Å². The predicted molar refractivity (Wildman–Crippen MR) is 237 cm³/mol. The van der Waals surface area contributed by atoms with Gasteiger partial charge in [-0.1, -0.05) is 146 Å². The Labute approximate surface area is 314 Å². The van der Waals surface area contributed by atoms with Crippen molar-refractivity contribution in [1.82, 2.24) is 0 Å². The highest BCUT2D eigenvalue weighted by atomic mass is 14.1. The molecular formula is C54H36. The van der Waals surface area contributed by atoms with Crippen LogP contribution in [0.2, 0.25) is 0 Å². The lowest BCUT2D eigenvalue weighted by molar-refractivity contribution is 1.76. The molecule has 0 saturated carbocycles. The quantitative estimate of drug-likeness (QED) is 0.140. The fourth-order valence-electron chi connectivity index (χ4n) is 7.90. The van der Waals surface area contributed by atoms with Gasteiger partial charge in [0.25, 0.3) is 0 Å². The molecule has 0 atom stereocenters. The topological polar surface area (TPSA) is 0 Å². The Hall–Kier alpha value is -7.02. The monoisotopic (exact) mass is 684 g/mol. The third-order valence-corrected chi connectivity index (χ3v) is 10.7. The number of benzene rings is 12. The molecule has 0 aromatic heterocycles. The van der Waals surface area contributed by atoms with Crippen LogP contribution in [0.5, 0.6) is 0 Å². The molecule has 0 aliphatic rings. The van der Waals surface area contributed by atoms with Crippen LogP contribution in [-0.4, -0.2) is 0 Å². The largest absolute Gasteiger partial charge is 0.0616 e. The normalized spacial score (nSPS) is 11.3. The molecule has 0 N–H and O–H groups in total. The summed E-state index contributed by atoms with van der Waals surface area (Å²) in [5, 5.41) is 23.5. The summed E-state index contributed by atoms with van der Waals surface area (Å²) in [6, 6.07) is 78.5. The molecule has 0 aliphatic carbocycles. The van der Waals surface area contributed by atoms with Gasteiger partial charge in [0, 0.05) is 0 Å². The second kappa shape index (κ2) is 13.5. The number of rotatable bonds is 0. The third kappa shape index (κ3) is 6.15. The second-order valence-corrected chi connectivity index (χ2v) is 14.2. The van der Waals surface area contributed by atoms with E-state index < -0.39 is 0 Å². The minimum Gasteiger partial charge on any atom is -0.0616 e. The fourth-order valence-corrected chi connectivity index (χ4v) is 7.90. The second-order valence-electron chi connectivity index (χ2n) is 14.2. The summed E-state index contributed by atoms with van der Waals surface area (Å²) >= 11 is 0. The summed E-state index contributed by atoms with van der Waals surface area (Å²) in [6.07, 6.45) is 0. The van der Waals surface area contributed by atoms with Gasteiger partial charge in [-0.25, -0.2) is 0 Å². The summed E-state index contributed by atoms with van der Waals surface area (Å²) in [6.45, 7) is 0. The highest BCUT2D eigenvalue weighted by Gasteiger charge is 2.04. The minimum absolute atomic E-state index is 1.30. The van der Waals surface area contributed by atoms with Gasteiger partial charge in [0.1, 0.15) is 0 Å². The zero-order chi connectivity index (χ0) is 35.8. The highest BCUT2D eigenvalue weighted by Crippen LogP contribution is 2.31. The Morgan fingerprint density at radius 2 is 0.204 bits per heavy atom. The van der Waals surface area contributed by atoms with E-state index in [0.717, 1.165) is 0 Å². The van der Waals surface area contributed by atoms with E-state index in [0.29, 0.717) is 0 Å². The molecule has 0 amide bonds. The van der Waals surface area contributed by atoms with Crippen molar-refractivity contribution in [1.29, 1.82) is 0 Å². The van der Waals surface area contributed by atoms with Gasteiger partial charge in [0.15, 0.2) is 0 Å². The van der Waals surface area contributed by atoms with Crippen LogP contribution in [0.15, 0.2) is 218 Å². The molecule has 12 rings (SSSR count). The van der Waals surface area contributed by atoms with Crippen molar-refractivity contribution in [2.45, 2.75) is 0 Å². The molecule has 0 fully saturated rings. The molecule has 0 unspecified atom stereocenters. The van der Waals surface area contributed by atoms with Crippen molar-refractivity contribution < 1.29 is 0 Å². The molecule has 0 aliphatic heterocycles. The van der Waals surface area contributed by atoms with E-state index >= 15 is 0 Å². The highest BCUT2D eigenvalue weighted by molar-refractivity contribution is 6.08. The van der Waals surface area contributed by atoms with Crippen molar-refractivity contribution in [3.8, 4) is 0 Å². The summed E-state index contributed by atoms with van der Waals surface area (Å²) in [5.41, 5.74) is 0. The molecule has 0 spiro atoms. The van der Waals surface area contributed by atoms with E-state index in [9.17, 15) is 0 Å². The van der Waals surface area contributed by atoms with Gasteiger partial charge >= 0.3 is 0 Å². The minimum atomic E-state index is 1.30. The van der Waals surface area contributed by atoms with Gasteiger partial charge < -0.3 is 0 Å². The molecule has 0 heteroatoms. The lowest BCUT2D eigenvalue weighted by Crippen LogP contribution is -1.80. The van der Waals surface area contributed by atoms with E-state index in [1.54, 1.807) is 0 Å². The van der Waals surface area contributed by atoms with Crippen LogP contribution < -0.4 is 0 Å². The van der Waals surface area contributed by atoms with E-state index in [1.165, 1.54) is 97.0 Å². The Morgan fingerprint density at radius 3 is 0.333 bits per heavy atom. The smallest absolute Gasteiger partial charge is 0.0171 e. The van der Waals surface area contributed by atoms with Crippen molar-refractivity contribution in [3.63, 3.8) is 0 Å². The van der Waals surface area contributed by atoms with Crippen molar-refractivity contribution in [2.75, 3.05) is 0 Å². The first-order valence-electron chi connectivity index (χ1n) is 18.6. The van der Waals surface area contributed by atoms with E-state index in [-0.39, 0.29) is 0 Å². The molecule has 0 bridgehead atoms. The molecule has 0 nitrogen and oxygen atoms in total. The molecule has 0 heterocycles. The first-order chi connectivity index (χ1) is 26.7. The van der Waals surface area contributed by atoms with Gasteiger partial charge in [-0.15, -0.1) is 0 Å². The lowest BCUT2D eigenvalue weighted by atomic mass is 9.97. The molecule has 12 aromatic carbocycles. The number of hydrogen-bond donors (Lipinski definition) is 0. The van der Waals surface area contributed by atoms with Crippen LogP contribution in [0.25, 0.3) is 97.0 Å². The SMILES string of the molecule is c1ccc2cc3cc4cc5ccccc5cc4cc3cc2c1.c1ccc2cc3cc4ccccc4cc3cc2c1.c1ccc2cc3ccccc3cc2c1. The molecule has 12 aromatic rings. The maximum absolute atomic E-state index is 2.31. The maximum atomic E-state index is 2.31. The average Bonchev–Trinajstić information content (AvgIpc) is 3.22.